The Labute approximate surface area is 113 Å². The molecular formula is C11H6BrF3N2O2. The number of aromatic nitrogens is 2. The standard InChI is InChI=1S/C11H6BrF3N2O2/c12-6-2-1-3-7(4-6)17-5-8(10(18)19)9(16-17)11(13,14)15/h1-5H,(H,18,19). The molecule has 0 aliphatic heterocycles. The summed E-state index contributed by atoms with van der Waals surface area (Å²) in [5.41, 5.74) is -1.97. The van der Waals surface area contributed by atoms with E-state index in [1.807, 2.05) is 0 Å². The molecule has 1 N–H and O–H groups in total. The Hall–Kier alpha value is -1.83. The summed E-state index contributed by atoms with van der Waals surface area (Å²) >= 11 is 3.17. The molecule has 0 aliphatic carbocycles. The smallest absolute Gasteiger partial charge is 0.436 e. The molecule has 1 aromatic carbocycles. The van der Waals surface area contributed by atoms with Crippen LogP contribution in [0.15, 0.2) is 34.9 Å². The van der Waals surface area contributed by atoms with Crippen molar-refractivity contribution in [2.75, 3.05) is 0 Å². The molecule has 19 heavy (non-hydrogen) atoms. The third kappa shape index (κ3) is 2.78. The van der Waals surface area contributed by atoms with Crippen molar-refractivity contribution in [2.45, 2.75) is 6.18 Å². The van der Waals surface area contributed by atoms with Crippen LogP contribution >= 0.6 is 15.9 Å². The number of aromatic carboxylic acids is 1. The highest BCUT2D eigenvalue weighted by atomic mass is 79.9. The first-order chi connectivity index (χ1) is 8.79. The Morgan fingerprint density at radius 2 is 2.05 bits per heavy atom. The number of hydrogen-bond donors (Lipinski definition) is 1. The van der Waals surface area contributed by atoms with E-state index in [9.17, 15) is 18.0 Å². The molecule has 0 fully saturated rings. The fraction of sp³-hybridized carbons (Fsp3) is 0.0909. The summed E-state index contributed by atoms with van der Waals surface area (Å²) in [6.07, 6.45) is -3.97. The second-order valence-electron chi connectivity index (χ2n) is 3.62. The first-order valence-electron chi connectivity index (χ1n) is 4.95. The fourth-order valence-electron chi connectivity index (χ4n) is 1.49. The molecule has 1 aromatic heterocycles. The fourth-order valence-corrected chi connectivity index (χ4v) is 1.88. The van der Waals surface area contributed by atoms with Crippen molar-refractivity contribution >= 4 is 21.9 Å². The number of nitrogens with zero attached hydrogens (tertiary/aromatic N) is 2. The summed E-state index contributed by atoms with van der Waals surface area (Å²) in [4.78, 5) is 10.8. The molecule has 8 heteroatoms. The molecule has 0 spiro atoms. The van der Waals surface area contributed by atoms with E-state index < -0.39 is 23.4 Å². The lowest BCUT2D eigenvalue weighted by Crippen LogP contribution is -2.12. The van der Waals surface area contributed by atoms with E-state index in [1.54, 1.807) is 12.1 Å². The predicted octanol–water partition coefficient (Wildman–Crippen LogP) is 3.35. The summed E-state index contributed by atoms with van der Waals surface area (Å²) in [6, 6.07) is 6.34. The molecule has 0 aliphatic rings. The summed E-state index contributed by atoms with van der Waals surface area (Å²) in [6.45, 7) is 0. The number of carbonyl (C=O) groups is 1. The van der Waals surface area contributed by atoms with Gasteiger partial charge >= 0.3 is 12.1 Å². The molecule has 4 nitrogen and oxygen atoms in total. The van der Waals surface area contributed by atoms with Gasteiger partial charge in [0.1, 0.15) is 5.56 Å². The minimum Gasteiger partial charge on any atom is -0.478 e. The number of rotatable bonds is 2. The Kier molecular flexibility index (Phi) is 3.36. The second-order valence-corrected chi connectivity index (χ2v) is 4.53. The van der Waals surface area contributed by atoms with Gasteiger partial charge in [-0.2, -0.15) is 18.3 Å². The maximum atomic E-state index is 12.7. The quantitative estimate of drug-likeness (QED) is 0.916. The largest absolute Gasteiger partial charge is 0.478 e. The van der Waals surface area contributed by atoms with Crippen LogP contribution in [0.2, 0.25) is 0 Å². The minimum atomic E-state index is -4.81. The molecule has 2 aromatic rings. The summed E-state index contributed by atoms with van der Waals surface area (Å²) in [7, 11) is 0. The lowest BCUT2D eigenvalue weighted by molar-refractivity contribution is -0.141. The molecular weight excluding hydrogens is 329 g/mol. The van der Waals surface area contributed by atoms with E-state index in [4.69, 9.17) is 5.11 Å². The number of carboxylic acids is 1. The van der Waals surface area contributed by atoms with Crippen LogP contribution < -0.4 is 0 Å². The Balaban J connectivity index is 2.58. The molecule has 2 rings (SSSR count). The normalized spacial score (nSPS) is 11.6. The van der Waals surface area contributed by atoms with E-state index in [2.05, 4.69) is 21.0 Å². The van der Waals surface area contributed by atoms with Gasteiger partial charge < -0.3 is 5.11 Å². The molecule has 0 atom stereocenters. The highest BCUT2D eigenvalue weighted by molar-refractivity contribution is 9.10. The van der Waals surface area contributed by atoms with Crippen LogP contribution in [0.1, 0.15) is 16.1 Å². The Morgan fingerprint density at radius 3 is 2.53 bits per heavy atom. The zero-order chi connectivity index (χ0) is 14.2. The molecule has 0 saturated heterocycles. The van der Waals surface area contributed by atoms with Gasteiger partial charge in [-0.05, 0) is 18.2 Å². The number of hydrogen-bond acceptors (Lipinski definition) is 2. The van der Waals surface area contributed by atoms with Crippen molar-refractivity contribution in [2.24, 2.45) is 0 Å². The van der Waals surface area contributed by atoms with Crippen LogP contribution in [0.25, 0.3) is 5.69 Å². The summed E-state index contributed by atoms with van der Waals surface area (Å²) in [5, 5.41) is 12.1. The first-order valence-corrected chi connectivity index (χ1v) is 5.74. The van der Waals surface area contributed by atoms with Crippen molar-refractivity contribution in [1.82, 2.24) is 9.78 Å². The maximum absolute atomic E-state index is 12.7. The SMILES string of the molecule is O=C(O)c1cn(-c2cccc(Br)c2)nc1C(F)(F)F. The zero-order valence-electron chi connectivity index (χ0n) is 9.15. The molecule has 0 radical (unpaired) electrons. The van der Waals surface area contributed by atoms with Gasteiger partial charge in [-0.1, -0.05) is 22.0 Å². The van der Waals surface area contributed by atoms with Crippen LogP contribution in [0, 0.1) is 0 Å². The van der Waals surface area contributed by atoms with Gasteiger partial charge in [0.15, 0.2) is 5.69 Å². The number of carboxylic acid groups (broad SMARTS) is 1. The number of alkyl halides is 3. The summed E-state index contributed by atoms with van der Waals surface area (Å²) in [5.74, 6) is -1.67. The molecule has 0 saturated carbocycles. The molecule has 0 bridgehead atoms. The van der Waals surface area contributed by atoms with Crippen molar-refractivity contribution in [3.05, 3.63) is 46.2 Å². The molecule has 1 heterocycles. The molecule has 0 unspecified atom stereocenters. The lowest BCUT2D eigenvalue weighted by atomic mass is 10.2. The highest BCUT2D eigenvalue weighted by Crippen LogP contribution is 2.31. The lowest BCUT2D eigenvalue weighted by Gasteiger charge is -2.03. The van der Waals surface area contributed by atoms with Gasteiger partial charge in [0.25, 0.3) is 0 Å². The van der Waals surface area contributed by atoms with E-state index >= 15 is 0 Å². The van der Waals surface area contributed by atoms with Gasteiger partial charge in [0, 0.05) is 10.7 Å². The van der Waals surface area contributed by atoms with Crippen LogP contribution in [0.5, 0.6) is 0 Å². The second kappa shape index (κ2) is 4.69. The predicted molar refractivity (Wildman–Crippen MR) is 63.2 cm³/mol. The van der Waals surface area contributed by atoms with Crippen molar-refractivity contribution in [1.29, 1.82) is 0 Å². The monoisotopic (exact) mass is 334 g/mol. The van der Waals surface area contributed by atoms with E-state index in [0.29, 0.717) is 10.2 Å². The van der Waals surface area contributed by atoms with Crippen molar-refractivity contribution < 1.29 is 23.1 Å². The minimum absolute atomic E-state index is 0.326. The zero-order valence-corrected chi connectivity index (χ0v) is 10.7. The number of halogens is 4. The molecule has 0 amide bonds. The van der Waals surface area contributed by atoms with Crippen molar-refractivity contribution in [3.63, 3.8) is 0 Å². The van der Waals surface area contributed by atoms with Crippen molar-refractivity contribution in [3.8, 4) is 5.69 Å². The van der Waals surface area contributed by atoms with Gasteiger partial charge in [-0.15, -0.1) is 0 Å². The summed E-state index contributed by atoms with van der Waals surface area (Å²) < 4.78 is 39.5. The average Bonchev–Trinajstić information content (AvgIpc) is 2.73. The van der Waals surface area contributed by atoms with Gasteiger partial charge in [0.05, 0.1) is 5.69 Å². The highest BCUT2D eigenvalue weighted by Gasteiger charge is 2.39. The van der Waals surface area contributed by atoms with E-state index in [-0.39, 0.29) is 0 Å². The van der Waals surface area contributed by atoms with Crippen LogP contribution in [-0.4, -0.2) is 20.9 Å². The van der Waals surface area contributed by atoms with E-state index in [0.717, 1.165) is 10.9 Å². The van der Waals surface area contributed by atoms with Gasteiger partial charge in [0.2, 0.25) is 0 Å². The van der Waals surface area contributed by atoms with Crippen LogP contribution in [0.4, 0.5) is 13.2 Å². The molecule has 100 valence electrons. The maximum Gasteiger partial charge on any atom is 0.436 e. The Bertz CT molecular complexity index is 637. The first kappa shape index (κ1) is 13.6. The Morgan fingerprint density at radius 1 is 1.37 bits per heavy atom. The number of benzene rings is 1. The topological polar surface area (TPSA) is 55.1 Å². The third-order valence-corrected chi connectivity index (χ3v) is 2.78. The van der Waals surface area contributed by atoms with Crippen LogP contribution in [0.3, 0.4) is 0 Å². The van der Waals surface area contributed by atoms with E-state index in [1.165, 1.54) is 12.1 Å². The van der Waals surface area contributed by atoms with Gasteiger partial charge in [-0.3, -0.25) is 0 Å². The van der Waals surface area contributed by atoms with Crippen LogP contribution in [-0.2, 0) is 6.18 Å². The average molecular weight is 335 g/mol. The van der Waals surface area contributed by atoms with Gasteiger partial charge in [-0.25, -0.2) is 9.48 Å². The third-order valence-electron chi connectivity index (χ3n) is 2.29.